The van der Waals surface area contributed by atoms with Gasteiger partial charge in [0.05, 0.1) is 12.1 Å². The average Bonchev–Trinajstić information content (AvgIpc) is 2.59. The van der Waals surface area contributed by atoms with Gasteiger partial charge >= 0.3 is 5.97 Å². The normalized spacial score (nSPS) is 26.8. The molecule has 0 saturated carbocycles. The maximum Gasteiger partial charge on any atom is 0.326 e. The first-order valence-corrected chi connectivity index (χ1v) is 5.44. The number of β-amino-alcohol motifs (C(OH)–C–C–N with tert-alkyl or cyclic N) is 1. The summed E-state index contributed by atoms with van der Waals surface area (Å²) in [6, 6.07) is -1.61. The Morgan fingerprint density at radius 1 is 1.56 bits per heavy atom. The van der Waals surface area contributed by atoms with Gasteiger partial charge in [-0.3, -0.25) is 4.79 Å². The highest BCUT2D eigenvalue weighted by atomic mass is 16.4. The van der Waals surface area contributed by atoms with Crippen molar-refractivity contribution in [3.63, 3.8) is 0 Å². The fourth-order valence-electron chi connectivity index (χ4n) is 1.94. The van der Waals surface area contributed by atoms with E-state index in [4.69, 9.17) is 10.8 Å². The number of aliphatic hydroxyl groups excluding tert-OH is 1. The number of nitrogens with zero attached hydrogens (tertiary/aromatic N) is 1. The van der Waals surface area contributed by atoms with Crippen molar-refractivity contribution in [1.29, 1.82) is 0 Å². The lowest BCUT2D eigenvalue weighted by Gasteiger charge is -2.24. The molecule has 0 aromatic rings. The van der Waals surface area contributed by atoms with E-state index in [1.165, 1.54) is 4.90 Å². The SMILES string of the molecule is CCC[C@@H](N)C(=O)N1CC(O)CC1C(=O)O. The smallest absolute Gasteiger partial charge is 0.326 e. The molecule has 16 heavy (non-hydrogen) atoms. The molecule has 92 valence electrons. The molecule has 1 saturated heterocycles. The summed E-state index contributed by atoms with van der Waals surface area (Å²) in [5, 5.41) is 18.3. The molecule has 1 aliphatic heterocycles. The summed E-state index contributed by atoms with van der Waals surface area (Å²) in [7, 11) is 0. The summed E-state index contributed by atoms with van der Waals surface area (Å²) in [6.45, 7) is 1.97. The van der Waals surface area contributed by atoms with Crippen LogP contribution in [0.1, 0.15) is 26.2 Å². The van der Waals surface area contributed by atoms with Gasteiger partial charge in [0.2, 0.25) is 5.91 Å². The maximum absolute atomic E-state index is 11.8. The summed E-state index contributed by atoms with van der Waals surface area (Å²) >= 11 is 0. The monoisotopic (exact) mass is 230 g/mol. The maximum atomic E-state index is 11.8. The van der Waals surface area contributed by atoms with Crippen LogP contribution in [0.25, 0.3) is 0 Å². The summed E-state index contributed by atoms with van der Waals surface area (Å²) in [5.41, 5.74) is 5.65. The van der Waals surface area contributed by atoms with Crippen LogP contribution < -0.4 is 5.73 Å². The number of hydrogen-bond acceptors (Lipinski definition) is 4. The third-order valence-corrected chi connectivity index (χ3v) is 2.76. The number of carbonyl (C=O) groups excluding carboxylic acids is 1. The van der Waals surface area contributed by atoms with Crippen LogP contribution in [0.2, 0.25) is 0 Å². The zero-order valence-electron chi connectivity index (χ0n) is 9.30. The van der Waals surface area contributed by atoms with Crippen LogP contribution >= 0.6 is 0 Å². The number of aliphatic hydroxyl groups is 1. The van der Waals surface area contributed by atoms with Crippen LogP contribution in [-0.2, 0) is 9.59 Å². The van der Waals surface area contributed by atoms with Gasteiger partial charge in [0.25, 0.3) is 0 Å². The molecule has 4 N–H and O–H groups in total. The van der Waals surface area contributed by atoms with Crippen LogP contribution in [0, 0.1) is 0 Å². The van der Waals surface area contributed by atoms with Gasteiger partial charge < -0.3 is 20.8 Å². The molecule has 6 heteroatoms. The van der Waals surface area contributed by atoms with E-state index >= 15 is 0 Å². The lowest BCUT2D eigenvalue weighted by atomic mass is 10.1. The van der Waals surface area contributed by atoms with Gasteiger partial charge in [0.15, 0.2) is 0 Å². The van der Waals surface area contributed by atoms with Crippen LogP contribution in [0.15, 0.2) is 0 Å². The molecule has 1 amide bonds. The van der Waals surface area contributed by atoms with E-state index in [0.717, 1.165) is 6.42 Å². The summed E-state index contributed by atoms with van der Waals surface area (Å²) in [4.78, 5) is 23.9. The van der Waals surface area contributed by atoms with Crippen LogP contribution in [0.4, 0.5) is 0 Å². The third kappa shape index (κ3) is 2.70. The van der Waals surface area contributed by atoms with Crippen molar-refractivity contribution in [1.82, 2.24) is 4.90 Å². The number of hydrogen-bond donors (Lipinski definition) is 3. The Hall–Kier alpha value is -1.14. The van der Waals surface area contributed by atoms with Gasteiger partial charge in [-0.25, -0.2) is 4.79 Å². The molecule has 0 aromatic carbocycles. The molecule has 3 atom stereocenters. The van der Waals surface area contributed by atoms with Crippen molar-refractivity contribution in [3.8, 4) is 0 Å². The number of amides is 1. The second-order valence-corrected chi connectivity index (χ2v) is 4.13. The van der Waals surface area contributed by atoms with E-state index in [0.29, 0.717) is 6.42 Å². The Bertz CT molecular complexity index is 282. The van der Waals surface area contributed by atoms with Crippen molar-refractivity contribution >= 4 is 11.9 Å². The number of nitrogens with two attached hydrogens (primary N) is 1. The molecule has 0 bridgehead atoms. The van der Waals surface area contributed by atoms with Crippen LogP contribution in [0.5, 0.6) is 0 Å². The first kappa shape index (κ1) is 12.9. The quantitative estimate of drug-likeness (QED) is 0.584. The molecule has 1 heterocycles. The highest BCUT2D eigenvalue weighted by Crippen LogP contribution is 2.19. The fourth-order valence-corrected chi connectivity index (χ4v) is 1.94. The first-order chi connectivity index (χ1) is 7.47. The minimum Gasteiger partial charge on any atom is -0.480 e. The van der Waals surface area contributed by atoms with Crippen molar-refractivity contribution < 1.29 is 19.8 Å². The third-order valence-electron chi connectivity index (χ3n) is 2.76. The summed E-state index contributed by atoms with van der Waals surface area (Å²) < 4.78 is 0. The van der Waals surface area contributed by atoms with E-state index in [1.807, 2.05) is 6.92 Å². The zero-order chi connectivity index (χ0) is 12.3. The molecule has 2 unspecified atom stereocenters. The molecule has 1 aliphatic rings. The molecule has 1 rings (SSSR count). The molecule has 0 aliphatic carbocycles. The Balaban J connectivity index is 2.70. The second kappa shape index (κ2) is 5.27. The molecule has 6 nitrogen and oxygen atoms in total. The van der Waals surface area contributed by atoms with Crippen LogP contribution in [-0.4, -0.2) is 51.7 Å². The Morgan fingerprint density at radius 3 is 2.69 bits per heavy atom. The zero-order valence-corrected chi connectivity index (χ0v) is 9.30. The number of carboxylic acids is 1. The highest BCUT2D eigenvalue weighted by Gasteiger charge is 2.40. The van der Waals surface area contributed by atoms with Crippen molar-refractivity contribution in [2.45, 2.75) is 44.4 Å². The number of aliphatic carboxylic acids is 1. The molecule has 0 radical (unpaired) electrons. The topological polar surface area (TPSA) is 104 Å². The van der Waals surface area contributed by atoms with Gasteiger partial charge in [-0.15, -0.1) is 0 Å². The first-order valence-electron chi connectivity index (χ1n) is 5.44. The standard InChI is InChI=1S/C10H18N2O4/c1-2-3-7(11)9(14)12-5-6(13)4-8(12)10(15)16/h6-8,13H,2-5,11H2,1H3,(H,15,16)/t6?,7-,8?/m1/s1. The number of carbonyl (C=O) groups is 2. The predicted octanol–water partition coefficient (Wildman–Crippen LogP) is -0.840. The number of carboxylic acid groups (broad SMARTS) is 1. The van der Waals surface area contributed by atoms with Crippen molar-refractivity contribution in [3.05, 3.63) is 0 Å². The molecular weight excluding hydrogens is 212 g/mol. The molecule has 0 spiro atoms. The number of rotatable bonds is 4. The average molecular weight is 230 g/mol. The van der Waals surface area contributed by atoms with Crippen LogP contribution in [0.3, 0.4) is 0 Å². The Labute approximate surface area is 94.0 Å². The Kier molecular flexibility index (Phi) is 4.26. The van der Waals surface area contributed by atoms with E-state index in [9.17, 15) is 14.7 Å². The van der Waals surface area contributed by atoms with E-state index < -0.39 is 24.2 Å². The van der Waals surface area contributed by atoms with Crippen molar-refractivity contribution in [2.24, 2.45) is 5.73 Å². The number of likely N-dealkylation sites (tertiary alicyclic amines) is 1. The molecule has 0 aromatic heterocycles. The molecular formula is C10H18N2O4. The fraction of sp³-hybridized carbons (Fsp3) is 0.800. The van der Waals surface area contributed by atoms with Gasteiger partial charge in [-0.1, -0.05) is 13.3 Å². The van der Waals surface area contributed by atoms with Gasteiger partial charge in [-0.05, 0) is 6.42 Å². The summed E-state index contributed by atoms with van der Waals surface area (Å²) in [6.07, 6.45) is 0.609. The molecule has 1 fully saturated rings. The lowest BCUT2D eigenvalue weighted by molar-refractivity contribution is -0.148. The second-order valence-electron chi connectivity index (χ2n) is 4.13. The van der Waals surface area contributed by atoms with E-state index in [2.05, 4.69) is 0 Å². The minimum atomic E-state index is -1.09. The minimum absolute atomic E-state index is 0.0627. The van der Waals surface area contributed by atoms with Gasteiger partial charge in [0, 0.05) is 13.0 Å². The van der Waals surface area contributed by atoms with Gasteiger partial charge in [-0.2, -0.15) is 0 Å². The summed E-state index contributed by atoms with van der Waals surface area (Å²) in [5.74, 6) is -1.47. The van der Waals surface area contributed by atoms with E-state index in [1.54, 1.807) is 0 Å². The largest absolute Gasteiger partial charge is 0.480 e. The Morgan fingerprint density at radius 2 is 2.19 bits per heavy atom. The highest BCUT2D eigenvalue weighted by molar-refractivity contribution is 5.87. The van der Waals surface area contributed by atoms with Crippen molar-refractivity contribution in [2.75, 3.05) is 6.54 Å². The lowest BCUT2D eigenvalue weighted by Crippen LogP contribution is -2.48. The van der Waals surface area contributed by atoms with E-state index in [-0.39, 0.29) is 18.9 Å². The predicted molar refractivity (Wildman–Crippen MR) is 56.6 cm³/mol. The van der Waals surface area contributed by atoms with Gasteiger partial charge in [0.1, 0.15) is 6.04 Å².